The minimum Gasteiger partial charge on any atom is -0.397 e. The summed E-state index contributed by atoms with van der Waals surface area (Å²) in [5.74, 6) is 0.423. The Kier molecular flexibility index (Phi) is 2.33. The summed E-state index contributed by atoms with van der Waals surface area (Å²) in [4.78, 5) is 0. The Hall–Kier alpha value is -1.25. The summed E-state index contributed by atoms with van der Waals surface area (Å²) in [6.45, 7) is 5.43. The number of hydrogen-bond donors (Lipinski definition) is 2. The van der Waals surface area contributed by atoms with Crippen molar-refractivity contribution in [2.75, 3.05) is 17.6 Å². The lowest BCUT2D eigenvalue weighted by Crippen LogP contribution is -2.08. The van der Waals surface area contributed by atoms with E-state index in [0.29, 0.717) is 17.0 Å². The fourth-order valence-corrected chi connectivity index (χ4v) is 1.85. The Morgan fingerprint density at radius 2 is 2.20 bits per heavy atom. The summed E-state index contributed by atoms with van der Waals surface area (Å²) >= 11 is 0. The molecular weight excluding hydrogens is 191 g/mol. The van der Waals surface area contributed by atoms with Gasteiger partial charge in [0.05, 0.1) is 11.4 Å². The van der Waals surface area contributed by atoms with E-state index in [4.69, 9.17) is 5.73 Å². The van der Waals surface area contributed by atoms with Gasteiger partial charge in [0, 0.05) is 6.54 Å². The number of rotatable bonds is 3. The highest BCUT2D eigenvalue weighted by molar-refractivity contribution is 5.65. The summed E-state index contributed by atoms with van der Waals surface area (Å²) in [6, 6.07) is 4.47. The summed E-state index contributed by atoms with van der Waals surface area (Å²) in [5.41, 5.74) is 7.47. The van der Waals surface area contributed by atoms with Gasteiger partial charge in [-0.05, 0) is 36.0 Å². The molecule has 1 saturated carbocycles. The van der Waals surface area contributed by atoms with Crippen LogP contribution in [-0.4, -0.2) is 6.54 Å². The molecule has 15 heavy (non-hydrogen) atoms. The van der Waals surface area contributed by atoms with Crippen molar-refractivity contribution in [1.82, 2.24) is 0 Å². The number of hydrogen-bond acceptors (Lipinski definition) is 2. The van der Waals surface area contributed by atoms with E-state index >= 15 is 0 Å². The standard InChI is InChI=1S/C12H17FN2/c1-12(2)6-8(12)7-15-11-4-3-9(13)5-10(11)14/h3-5,8,15H,6-7,14H2,1-2H3. The van der Waals surface area contributed by atoms with Gasteiger partial charge in [-0.1, -0.05) is 13.8 Å². The van der Waals surface area contributed by atoms with Crippen molar-refractivity contribution in [3.63, 3.8) is 0 Å². The van der Waals surface area contributed by atoms with E-state index in [1.165, 1.54) is 18.6 Å². The second-order valence-electron chi connectivity index (χ2n) is 5.00. The van der Waals surface area contributed by atoms with E-state index in [1.807, 2.05) is 0 Å². The predicted octanol–water partition coefficient (Wildman–Crippen LogP) is 2.87. The van der Waals surface area contributed by atoms with Gasteiger partial charge in [-0.15, -0.1) is 0 Å². The average molecular weight is 208 g/mol. The molecule has 0 aromatic heterocycles. The number of nitrogen functional groups attached to an aromatic ring is 1. The van der Waals surface area contributed by atoms with Crippen molar-refractivity contribution in [3.05, 3.63) is 24.0 Å². The van der Waals surface area contributed by atoms with Gasteiger partial charge in [-0.3, -0.25) is 0 Å². The highest BCUT2D eigenvalue weighted by Crippen LogP contribution is 2.51. The van der Waals surface area contributed by atoms with Gasteiger partial charge in [0.25, 0.3) is 0 Å². The third-order valence-corrected chi connectivity index (χ3v) is 3.27. The zero-order chi connectivity index (χ0) is 11.1. The maximum absolute atomic E-state index is 12.8. The summed E-state index contributed by atoms with van der Waals surface area (Å²) in [7, 11) is 0. The molecule has 3 N–H and O–H groups in total. The van der Waals surface area contributed by atoms with Crippen LogP contribution in [0.15, 0.2) is 18.2 Å². The van der Waals surface area contributed by atoms with Crippen LogP contribution >= 0.6 is 0 Å². The van der Waals surface area contributed by atoms with E-state index in [9.17, 15) is 4.39 Å². The van der Waals surface area contributed by atoms with Crippen LogP contribution in [-0.2, 0) is 0 Å². The van der Waals surface area contributed by atoms with Crippen LogP contribution in [0.1, 0.15) is 20.3 Å². The second kappa shape index (κ2) is 3.40. The van der Waals surface area contributed by atoms with Crippen molar-refractivity contribution < 1.29 is 4.39 Å². The fourth-order valence-electron chi connectivity index (χ4n) is 1.85. The van der Waals surface area contributed by atoms with Crippen LogP contribution in [0.3, 0.4) is 0 Å². The lowest BCUT2D eigenvalue weighted by atomic mass is 10.1. The van der Waals surface area contributed by atoms with Gasteiger partial charge in [0.1, 0.15) is 5.82 Å². The van der Waals surface area contributed by atoms with Gasteiger partial charge in [0.15, 0.2) is 0 Å². The third-order valence-electron chi connectivity index (χ3n) is 3.27. The molecule has 1 fully saturated rings. The summed E-state index contributed by atoms with van der Waals surface area (Å²) in [5, 5.41) is 3.27. The predicted molar refractivity (Wildman–Crippen MR) is 61.2 cm³/mol. The molecule has 1 atom stereocenters. The molecule has 0 radical (unpaired) electrons. The second-order valence-corrected chi connectivity index (χ2v) is 5.00. The Labute approximate surface area is 89.7 Å². The summed E-state index contributed by atoms with van der Waals surface area (Å²) in [6.07, 6.45) is 1.25. The molecule has 0 saturated heterocycles. The Morgan fingerprint density at radius 1 is 1.53 bits per heavy atom. The van der Waals surface area contributed by atoms with Crippen LogP contribution in [0.4, 0.5) is 15.8 Å². The van der Waals surface area contributed by atoms with Gasteiger partial charge >= 0.3 is 0 Å². The van der Waals surface area contributed by atoms with E-state index in [-0.39, 0.29) is 5.82 Å². The van der Waals surface area contributed by atoms with Crippen LogP contribution in [0.2, 0.25) is 0 Å². The van der Waals surface area contributed by atoms with E-state index in [2.05, 4.69) is 19.2 Å². The van der Waals surface area contributed by atoms with E-state index in [1.54, 1.807) is 6.07 Å². The Morgan fingerprint density at radius 3 is 2.73 bits per heavy atom. The lowest BCUT2D eigenvalue weighted by Gasteiger charge is -2.10. The molecular formula is C12H17FN2. The topological polar surface area (TPSA) is 38.0 Å². The van der Waals surface area contributed by atoms with E-state index in [0.717, 1.165) is 12.2 Å². The largest absolute Gasteiger partial charge is 0.397 e. The van der Waals surface area contributed by atoms with Crippen LogP contribution in [0.25, 0.3) is 0 Å². The highest BCUT2D eigenvalue weighted by Gasteiger charge is 2.44. The molecule has 0 spiro atoms. The van der Waals surface area contributed by atoms with Crippen LogP contribution in [0.5, 0.6) is 0 Å². The minimum absolute atomic E-state index is 0.287. The molecule has 0 heterocycles. The fraction of sp³-hybridized carbons (Fsp3) is 0.500. The zero-order valence-electron chi connectivity index (χ0n) is 9.18. The van der Waals surface area contributed by atoms with Crippen molar-refractivity contribution in [3.8, 4) is 0 Å². The first-order valence-electron chi connectivity index (χ1n) is 5.28. The number of nitrogens with one attached hydrogen (secondary N) is 1. The molecule has 82 valence electrons. The molecule has 3 heteroatoms. The first-order chi connectivity index (χ1) is 6.99. The maximum Gasteiger partial charge on any atom is 0.125 e. The van der Waals surface area contributed by atoms with Crippen molar-refractivity contribution in [1.29, 1.82) is 0 Å². The molecule has 2 rings (SSSR count). The number of anilines is 2. The number of nitrogens with two attached hydrogens (primary N) is 1. The quantitative estimate of drug-likeness (QED) is 0.749. The Balaban J connectivity index is 1.94. The SMILES string of the molecule is CC1(C)CC1CNc1ccc(F)cc1N. The van der Waals surface area contributed by atoms with Crippen LogP contribution in [0, 0.1) is 17.2 Å². The van der Waals surface area contributed by atoms with Crippen molar-refractivity contribution in [2.24, 2.45) is 11.3 Å². The zero-order valence-corrected chi connectivity index (χ0v) is 9.18. The first kappa shape index (κ1) is 10.3. The van der Waals surface area contributed by atoms with Gasteiger partial charge in [0.2, 0.25) is 0 Å². The molecule has 1 aromatic carbocycles. The molecule has 1 unspecified atom stereocenters. The van der Waals surface area contributed by atoms with Crippen molar-refractivity contribution in [2.45, 2.75) is 20.3 Å². The lowest BCUT2D eigenvalue weighted by molar-refractivity contribution is 0.573. The monoisotopic (exact) mass is 208 g/mol. The maximum atomic E-state index is 12.8. The van der Waals surface area contributed by atoms with Crippen molar-refractivity contribution >= 4 is 11.4 Å². The first-order valence-corrected chi connectivity index (χ1v) is 5.28. The van der Waals surface area contributed by atoms with Gasteiger partial charge < -0.3 is 11.1 Å². The average Bonchev–Trinajstić information content (AvgIpc) is 2.73. The normalized spacial score (nSPS) is 22.5. The van der Waals surface area contributed by atoms with Crippen LogP contribution < -0.4 is 11.1 Å². The van der Waals surface area contributed by atoms with Gasteiger partial charge in [-0.25, -0.2) is 4.39 Å². The van der Waals surface area contributed by atoms with Gasteiger partial charge in [-0.2, -0.15) is 0 Å². The highest BCUT2D eigenvalue weighted by atomic mass is 19.1. The molecule has 0 bridgehead atoms. The Bertz CT molecular complexity index is 374. The molecule has 1 aliphatic rings. The molecule has 0 amide bonds. The summed E-state index contributed by atoms with van der Waals surface area (Å²) < 4.78 is 12.8. The molecule has 1 aromatic rings. The smallest absolute Gasteiger partial charge is 0.125 e. The molecule has 1 aliphatic carbocycles. The third kappa shape index (κ3) is 2.22. The number of halogens is 1. The molecule has 2 nitrogen and oxygen atoms in total. The molecule has 0 aliphatic heterocycles. The minimum atomic E-state index is -0.287. The van der Waals surface area contributed by atoms with E-state index < -0.39 is 0 Å². The number of benzene rings is 1.